The molecule has 0 amide bonds. The first-order chi connectivity index (χ1) is 10.9. The van der Waals surface area contributed by atoms with E-state index < -0.39 is 0 Å². The quantitative estimate of drug-likeness (QED) is 0.723. The molecule has 2 aromatic rings. The maximum Gasteiger partial charge on any atom is 0.0797 e. The highest BCUT2D eigenvalue weighted by Crippen LogP contribution is 2.16. The van der Waals surface area contributed by atoms with Crippen LogP contribution in [-0.4, -0.2) is 50.7 Å². The van der Waals surface area contributed by atoms with Crippen LogP contribution < -0.4 is 4.90 Å². The summed E-state index contributed by atoms with van der Waals surface area (Å²) in [4.78, 5) is 6.62. The van der Waals surface area contributed by atoms with Gasteiger partial charge < -0.3 is 9.38 Å². The number of nitrogens with zero attached hydrogens (tertiary/aromatic N) is 3. The van der Waals surface area contributed by atoms with Crippen LogP contribution in [0.25, 0.3) is 12.2 Å². The van der Waals surface area contributed by atoms with E-state index in [2.05, 4.69) is 68.4 Å². The number of hydrogen-bond acceptors (Lipinski definition) is 2. The molecule has 0 aliphatic rings. The van der Waals surface area contributed by atoms with Crippen LogP contribution in [-0.2, 0) is 0 Å². The first-order valence-corrected chi connectivity index (χ1v) is 8.15. The Morgan fingerprint density at radius 1 is 1.00 bits per heavy atom. The average Bonchev–Trinajstić information content (AvgIpc) is 2.53. The molecule has 0 aliphatic heterocycles. The Morgan fingerprint density at radius 2 is 1.74 bits per heavy atom. The molecule has 1 aromatic heterocycles. The van der Waals surface area contributed by atoms with Crippen LogP contribution in [0.2, 0.25) is 0 Å². The SMILES string of the molecule is CN(CCC[N+](C)(C)C)c1ccc(C=Cc2ccccn2)cc1. The highest BCUT2D eigenvalue weighted by atomic mass is 15.3. The number of benzene rings is 1. The fourth-order valence-corrected chi connectivity index (χ4v) is 2.41. The van der Waals surface area contributed by atoms with Gasteiger partial charge in [0.1, 0.15) is 0 Å². The fourth-order valence-electron chi connectivity index (χ4n) is 2.41. The molecule has 0 saturated heterocycles. The topological polar surface area (TPSA) is 16.1 Å². The lowest BCUT2D eigenvalue weighted by molar-refractivity contribution is -0.870. The van der Waals surface area contributed by atoms with E-state index in [1.165, 1.54) is 24.2 Å². The molecule has 0 spiro atoms. The van der Waals surface area contributed by atoms with Crippen molar-refractivity contribution in [3.05, 3.63) is 59.9 Å². The Morgan fingerprint density at radius 3 is 2.35 bits per heavy atom. The van der Waals surface area contributed by atoms with E-state index >= 15 is 0 Å². The molecule has 1 aromatic carbocycles. The van der Waals surface area contributed by atoms with Gasteiger partial charge >= 0.3 is 0 Å². The predicted octanol–water partition coefficient (Wildman–Crippen LogP) is 3.78. The summed E-state index contributed by atoms with van der Waals surface area (Å²) in [5, 5.41) is 0. The van der Waals surface area contributed by atoms with Crippen LogP contribution in [0.15, 0.2) is 48.7 Å². The van der Waals surface area contributed by atoms with Crippen molar-refractivity contribution in [3.8, 4) is 0 Å². The van der Waals surface area contributed by atoms with Gasteiger partial charge in [-0.2, -0.15) is 0 Å². The molecule has 3 nitrogen and oxygen atoms in total. The first kappa shape index (κ1) is 17.2. The lowest BCUT2D eigenvalue weighted by Crippen LogP contribution is -2.37. The number of anilines is 1. The molecule has 2 rings (SSSR count). The minimum absolute atomic E-state index is 0.981. The Hall–Kier alpha value is -2.13. The van der Waals surface area contributed by atoms with E-state index in [1.54, 1.807) is 0 Å². The minimum Gasteiger partial charge on any atom is -0.374 e. The van der Waals surface area contributed by atoms with Crippen LogP contribution in [0.1, 0.15) is 17.7 Å². The predicted molar refractivity (Wildman–Crippen MR) is 100 cm³/mol. The zero-order valence-corrected chi connectivity index (χ0v) is 14.7. The van der Waals surface area contributed by atoms with Gasteiger partial charge in [-0.05, 0) is 35.9 Å². The summed E-state index contributed by atoms with van der Waals surface area (Å²) in [6.07, 6.45) is 7.15. The van der Waals surface area contributed by atoms with E-state index in [1.807, 2.05) is 30.5 Å². The van der Waals surface area contributed by atoms with Gasteiger partial charge in [-0.15, -0.1) is 0 Å². The maximum absolute atomic E-state index is 4.30. The molecule has 122 valence electrons. The van der Waals surface area contributed by atoms with Gasteiger partial charge in [0.25, 0.3) is 0 Å². The highest BCUT2D eigenvalue weighted by molar-refractivity contribution is 5.69. The highest BCUT2D eigenvalue weighted by Gasteiger charge is 2.07. The molecule has 0 fully saturated rings. The van der Waals surface area contributed by atoms with Gasteiger partial charge in [0.2, 0.25) is 0 Å². The largest absolute Gasteiger partial charge is 0.374 e. The van der Waals surface area contributed by atoms with E-state index in [4.69, 9.17) is 0 Å². The van der Waals surface area contributed by atoms with Crippen molar-refractivity contribution in [2.45, 2.75) is 6.42 Å². The van der Waals surface area contributed by atoms with Crippen molar-refractivity contribution in [1.29, 1.82) is 0 Å². The third-order valence-electron chi connectivity index (χ3n) is 3.79. The van der Waals surface area contributed by atoms with E-state index in [0.29, 0.717) is 0 Å². The van der Waals surface area contributed by atoms with Crippen molar-refractivity contribution < 1.29 is 4.48 Å². The lowest BCUT2D eigenvalue weighted by atomic mass is 10.1. The van der Waals surface area contributed by atoms with Crippen LogP contribution in [0, 0.1) is 0 Å². The minimum atomic E-state index is 0.981. The molecule has 0 aliphatic carbocycles. The van der Waals surface area contributed by atoms with Crippen LogP contribution in [0.5, 0.6) is 0 Å². The van der Waals surface area contributed by atoms with Crippen molar-refractivity contribution in [1.82, 2.24) is 4.98 Å². The summed E-state index contributed by atoms with van der Waals surface area (Å²) < 4.78 is 1.02. The summed E-state index contributed by atoms with van der Waals surface area (Å²) in [6.45, 7) is 2.27. The van der Waals surface area contributed by atoms with Gasteiger partial charge in [-0.3, -0.25) is 4.98 Å². The van der Waals surface area contributed by atoms with E-state index in [-0.39, 0.29) is 0 Å². The van der Waals surface area contributed by atoms with Crippen LogP contribution >= 0.6 is 0 Å². The van der Waals surface area contributed by atoms with Gasteiger partial charge in [0, 0.05) is 31.9 Å². The maximum atomic E-state index is 4.30. The van der Waals surface area contributed by atoms with E-state index in [9.17, 15) is 0 Å². The molecular formula is C20H28N3+. The third kappa shape index (κ3) is 6.25. The standard InChI is InChI=1S/C20H28N3/c1-22(16-7-17-23(2,3)4)20-13-10-18(11-14-20)9-12-19-8-5-6-15-21-19/h5-6,8-15H,7,16-17H2,1-4H3/q+1. The molecular weight excluding hydrogens is 282 g/mol. The lowest BCUT2D eigenvalue weighted by Gasteiger charge is -2.26. The summed E-state index contributed by atoms with van der Waals surface area (Å²) in [7, 11) is 8.88. The van der Waals surface area contributed by atoms with Crippen molar-refractivity contribution in [2.75, 3.05) is 46.2 Å². The van der Waals surface area contributed by atoms with Gasteiger partial charge in [0.15, 0.2) is 0 Å². The molecule has 0 bridgehead atoms. The average molecular weight is 310 g/mol. The Balaban J connectivity index is 1.90. The number of pyridine rings is 1. The molecule has 3 heteroatoms. The molecule has 0 atom stereocenters. The smallest absolute Gasteiger partial charge is 0.0797 e. The molecule has 0 radical (unpaired) electrons. The number of quaternary nitrogens is 1. The molecule has 1 heterocycles. The number of aromatic nitrogens is 1. The summed E-state index contributed by atoms with van der Waals surface area (Å²) in [6, 6.07) is 14.6. The van der Waals surface area contributed by atoms with Crippen molar-refractivity contribution in [3.63, 3.8) is 0 Å². The number of hydrogen-bond donors (Lipinski definition) is 0. The Kier molecular flexibility index (Phi) is 5.94. The Labute approximate surface area is 140 Å². The first-order valence-electron chi connectivity index (χ1n) is 8.15. The summed E-state index contributed by atoms with van der Waals surface area (Å²) >= 11 is 0. The van der Waals surface area contributed by atoms with Crippen LogP contribution in [0.3, 0.4) is 0 Å². The van der Waals surface area contributed by atoms with Gasteiger partial charge in [-0.25, -0.2) is 0 Å². The van der Waals surface area contributed by atoms with Gasteiger partial charge in [0.05, 0.1) is 33.4 Å². The molecule has 23 heavy (non-hydrogen) atoms. The zero-order chi connectivity index (χ0) is 16.7. The second kappa shape index (κ2) is 7.93. The van der Waals surface area contributed by atoms with Crippen molar-refractivity contribution >= 4 is 17.8 Å². The zero-order valence-electron chi connectivity index (χ0n) is 14.7. The third-order valence-corrected chi connectivity index (χ3v) is 3.79. The van der Waals surface area contributed by atoms with Crippen molar-refractivity contribution in [2.24, 2.45) is 0 Å². The second-order valence-corrected chi connectivity index (χ2v) is 6.97. The monoisotopic (exact) mass is 310 g/mol. The molecule has 0 saturated carbocycles. The summed E-state index contributed by atoms with van der Waals surface area (Å²) in [5.41, 5.74) is 3.44. The second-order valence-electron chi connectivity index (χ2n) is 6.97. The molecule has 0 N–H and O–H groups in total. The van der Waals surface area contributed by atoms with Gasteiger partial charge in [-0.1, -0.05) is 24.3 Å². The number of rotatable bonds is 7. The molecule has 0 unspecified atom stereocenters. The Bertz CT molecular complexity index is 610. The van der Waals surface area contributed by atoms with Crippen LogP contribution in [0.4, 0.5) is 5.69 Å². The van der Waals surface area contributed by atoms with E-state index in [0.717, 1.165) is 16.7 Å². The normalized spacial score (nSPS) is 11.8. The summed E-state index contributed by atoms with van der Waals surface area (Å²) in [5.74, 6) is 0. The fraction of sp³-hybridized carbons (Fsp3) is 0.350.